The van der Waals surface area contributed by atoms with Crippen molar-refractivity contribution >= 4 is 35.2 Å². The van der Waals surface area contributed by atoms with Crippen molar-refractivity contribution in [2.45, 2.75) is 30.0 Å². The topological polar surface area (TPSA) is 88.9 Å². The van der Waals surface area contributed by atoms with Crippen molar-refractivity contribution in [3.05, 3.63) is 47.4 Å². The molecule has 2 heterocycles. The van der Waals surface area contributed by atoms with Crippen molar-refractivity contribution < 1.29 is 23.5 Å². The van der Waals surface area contributed by atoms with Gasteiger partial charge in [0, 0.05) is 18.4 Å². The number of thioether (sulfide) groups is 1. The average molecular weight is 388 g/mol. The zero-order chi connectivity index (χ0) is 19.6. The van der Waals surface area contributed by atoms with Crippen LogP contribution in [0.25, 0.3) is 0 Å². The molecule has 1 aliphatic heterocycles. The van der Waals surface area contributed by atoms with Gasteiger partial charge in [-0.05, 0) is 25.1 Å². The van der Waals surface area contributed by atoms with Gasteiger partial charge in [0.05, 0.1) is 24.6 Å². The summed E-state index contributed by atoms with van der Waals surface area (Å²) < 4.78 is 10.2. The maximum atomic E-state index is 12.6. The van der Waals surface area contributed by atoms with Crippen molar-refractivity contribution in [1.29, 1.82) is 0 Å². The van der Waals surface area contributed by atoms with Crippen LogP contribution >= 0.6 is 11.8 Å². The normalized spacial score (nSPS) is 15.7. The summed E-state index contributed by atoms with van der Waals surface area (Å²) >= 11 is 1.39. The fourth-order valence-corrected chi connectivity index (χ4v) is 3.90. The maximum absolute atomic E-state index is 12.6. The fourth-order valence-electron chi connectivity index (χ4n) is 2.80. The van der Waals surface area contributed by atoms with Crippen LogP contribution in [0.3, 0.4) is 0 Å². The van der Waals surface area contributed by atoms with Crippen molar-refractivity contribution in [3.63, 3.8) is 0 Å². The molecule has 0 radical (unpaired) electrons. The third-order valence-corrected chi connectivity index (χ3v) is 5.53. The van der Waals surface area contributed by atoms with Crippen molar-refractivity contribution in [2.24, 2.45) is 0 Å². The first-order chi connectivity index (χ1) is 12.9. The third-order valence-electron chi connectivity index (χ3n) is 4.26. The number of nitrogens with zero attached hydrogens (tertiary/aromatic N) is 1. The number of ether oxygens (including phenoxy) is 1. The third kappa shape index (κ3) is 4.16. The maximum Gasteiger partial charge on any atom is 0.341 e. The number of nitrogens with one attached hydrogen (secondary N) is 1. The Morgan fingerprint density at radius 3 is 2.81 bits per heavy atom. The Morgan fingerprint density at radius 2 is 2.07 bits per heavy atom. The van der Waals surface area contributed by atoms with Gasteiger partial charge in [-0.1, -0.05) is 12.1 Å². The highest BCUT2D eigenvalue weighted by atomic mass is 32.2. The molecule has 8 heteroatoms. The molecule has 1 aromatic heterocycles. The van der Waals surface area contributed by atoms with Gasteiger partial charge < -0.3 is 19.4 Å². The van der Waals surface area contributed by atoms with E-state index in [1.165, 1.54) is 23.8 Å². The van der Waals surface area contributed by atoms with Crippen molar-refractivity contribution in [1.82, 2.24) is 4.90 Å². The minimum absolute atomic E-state index is 0.0743. The standard InChI is InChI=1S/C19H20N2O5S/c1-11-13(19(24)25-3)8-12(26-11)10-21(2)17(22)9-16-18(23)20-14-6-4-5-7-15(14)27-16/h4-8,16H,9-10H2,1-3H3,(H,20,23). The average Bonchev–Trinajstić information content (AvgIpc) is 3.01. The summed E-state index contributed by atoms with van der Waals surface area (Å²) in [4.78, 5) is 38.9. The van der Waals surface area contributed by atoms with Crippen LogP contribution in [0.2, 0.25) is 0 Å². The van der Waals surface area contributed by atoms with Crippen LogP contribution in [0.1, 0.15) is 28.3 Å². The van der Waals surface area contributed by atoms with Crippen LogP contribution in [0.15, 0.2) is 39.6 Å². The lowest BCUT2D eigenvalue weighted by molar-refractivity contribution is -0.132. The summed E-state index contributed by atoms with van der Waals surface area (Å²) in [6.45, 7) is 1.87. The number of amides is 2. The molecule has 0 saturated carbocycles. The van der Waals surface area contributed by atoms with Crippen LogP contribution in [-0.2, 0) is 20.9 Å². The van der Waals surface area contributed by atoms with Crippen LogP contribution in [0, 0.1) is 6.92 Å². The summed E-state index contributed by atoms with van der Waals surface area (Å²) in [5.41, 5.74) is 1.11. The predicted molar refractivity (Wildman–Crippen MR) is 101 cm³/mol. The molecule has 142 valence electrons. The smallest absolute Gasteiger partial charge is 0.341 e. The Balaban J connectivity index is 1.63. The van der Waals surface area contributed by atoms with Crippen molar-refractivity contribution in [3.8, 4) is 0 Å². The van der Waals surface area contributed by atoms with E-state index in [0.717, 1.165) is 10.6 Å². The van der Waals surface area contributed by atoms with Gasteiger partial charge in [-0.2, -0.15) is 0 Å². The summed E-state index contributed by atoms with van der Waals surface area (Å²) in [5, 5.41) is 2.35. The highest BCUT2D eigenvalue weighted by Crippen LogP contribution is 2.36. The molecule has 0 aliphatic carbocycles. The molecule has 0 spiro atoms. The first kappa shape index (κ1) is 19.0. The molecule has 1 N–H and O–H groups in total. The first-order valence-corrected chi connectivity index (χ1v) is 9.25. The number of benzene rings is 1. The summed E-state index contributed by atoms with van der Waals surface area (Å²) in [6.07, 6.45) is 0.0743. The summed E-state index contributed by atoms with van der Waals surface area (Å²) in [5.74, 6) is 0.0785. The number of carbonyl (C=O) groups excluding carboxylic acids is 3. The number of furan rings is 1. The lowest BCUT2D eigenvalue weighted by Crippen LogP contribution is -2.35. The molecular formula is C19H20N2O5S. The van der Waals surface area contributed by atoms with Gasteiger partial charge in [-0.25, -0.2) is 4.79 Å². The van der Waals surface area contributed by atoms with Crippen LogP contribution in [0.5, 0.6) is 0 Å². The number of para-hydroxylation sites is 1. The second-order valence-electron chi connectivity index (χ2n) is 6.22. The minimum atomic E-state index is -0.487. The van der Waals surface area contributed by atoms with E-state index in [1.54, 1.807) is 20.0 Å². The summed E-state index contributed by atoms with van der Waals surface area (Å²) in [7, 11) is 2.94. The van der Waals surface area contributed by atoms with Gasteiger partial charge in [0.2, 0.25) is 11.8 Å². The molecule has 3 rings (SSSR count). The van der Waals surface area contributed by atoms with Crippen LogP contribution < -0.4 is 5.32 Å². The largest absolute Gasteiger partial charge is 0.465 e. The number of rotatable bonds is 5. The number of hydrogen-bond acceptors (Lipinski definition) is 6. The van der Waals surface area contributed by atoms with E-state index in [9.17, 15) is 14.4 Å². The van der Waals surface area contributed by atoms with Gasteiger partial charge in [0.15, 0.2) is 0 Å². The fraction of sp³-hybridized carbons (Fsp3) is 0.316. The monoisotopic (exact) mass is 388 g/mol. The zero-order valence-electron chi connectivity index (χ0n) is 15.3. The molecule has 2 aromatic rings. The lowest BCUT2D eigenvalue weighted by Gasteiger charge is -2.25. The van der Waals surface area contributed by atoms with Crippen LogP contribution in [-0.4, -0.2) is 42.1 Å². The van der Waals surface area contributed by atoms with E-state index in [1.807, 2.05) is 24.3 Å². The van der Waals surface area contributed by atoms with Crippen molar-refractivity contribution in [2.75, 3.05) is 19.5 Å². The van der Waals surface area contributed by atoms with E-state index < -0.39 is 11.2 Å². The SMILES string of the molecule is COC(=O)c1cc(CN(C)C(=O)CC2Sc3ccccc3NC2=O)oc1C. The zero-order valence-corrected chi connectivity index (χ0v) is 16.1. The Morgan fingerprint density at radius 1 is 1.33 bits per heavy atom. The number of esters is 1. The first-order valence-electron chi connectivity index (χ1n) is 8.37. The number of aryl methyl sites for hydroxylation is 1. The Hall–Kier alpha value is -2.74. The summed E-state index contributed by atoms with van der Waals surface area (Å²) in [6, 6.07) is 9.08. The molecule has 1 atom stereocenters. The number of fused-ring (bicyclic) bond motifs is 1. The second-order valence-corrected chi connectivity index (χ2v) is 7.46. The highest BCUT2D eigenvalue weighted by Gasteiger charge is 2.30. The van der Waals surface area contributed by atoms with Gasteiger partial charge in [0.25, 0.3) is 0 Å². The quantitative estimate of drug-likeness (QED) is 0.793. The molecular weight excluding hydrogens is 368 g/mol. The molecule has 0 fully saturated rings. The molecule has 1 unspecified atom stereocenters. The second kappa shape index (κ2) is 7.87. The van der Waals surface area contributed by atoms with E-state index in [0.29, 0.717) is 17.1 Å². The molecule has 2 amide bonds. The Bertz CT molecular complexity index is 892. The Kier molecular flexibility index (Phi) is 5.55. The van der Waals surface area contributed by atoms with E-state index >= 15 is 0 Å². The van der Waals surface area contributed by atoms with Gasteiger partial charge in [-0.3, -0.25) is 9.59 Å². The molecule has 0 saturated heterocycles. The van der Waals surface area contributed by atoms with Gasteiger partial charge >= 0.3 is 5.97 Å². The minimum Gasteiger partial charge on any atom is -0.465 e. The molecule has 0 bridgehead atoms. The Labute approximate surface area is 161 Å². The van der Waals surface area contributed by atoms with E-state index in [-0.39, 0.29) is 24.8 Å². The predicted octanol–water partition coefficient (Wildman–Crippen LogP) is 2.84. The van der Waals surface area contributed by atoms with E-state index in [4.69, 9.17) is 9.15 Å². The molecule has 27 heavy (non-hydrogen) atoms. The molecule has 1 aromatic carbocycles. The number of methoxy groups -OCH3 is 1. The highest BCUT2D eigenvalue weighted by molar-refractivity contribution is 8.01. The molecule has 1 aliphatic rings. The van der Waals surface area contributed by atoms with E-state index in [2.05, 4.69) is 5.32 Å². The lowest BCUT2D eigenvalue weighted by atomic mass is 10.2. The van der Waals surface area contributed by atoms with Gasteiger partial charge in [0.1, 0.15) is 17.1 Å². The number of carbonyl (C=O) groups is 3. The van der Waals surface area contributed by atoms with Crippen LogP contribution in [0.4, 0.5) is 5.69 Å². The molecule has 7 nitrogen and oxygen atoms in total. The number of hydrogen-bond donors (Lipinski definition) is 1. The van der Waals surface area contributed by atoms with Gasteiger partial charge in [-0.15, -0.1) is 11.8 Å². The number of anilines is 1.